The first-order valence-corrected chi connectivity index (χ1v) is 16.3. The molecule has 0 aliphatic carbocycles. The highest BCUT2D eigenvalue weighted by Gasteiger charge is 2.09. The molecule has 0 aromatic heterocycles. The van der Waals surface area contributed by atoms with Gasteiger partial charge in [-0.3, -0.25) is 0 Å². The molecule has 0 saturated heterocycles. The number of hydrogen-bond donors (Lipinski definition) is 0. The van der Waals surface area contributed by atoms with Gasteiger partial charge in [0, 0.05) is 0 Å². The smallest absolute Gasteiger partial charge is 0.0443 e. The monoisotopic (exact) mass is 479 g/mol. The maximum atomic E-state index is 2.51. The summed E-state index contributed by atoms with van der Waals surface area (Å²) in [5.41, 5.74) is 0. The van der Waals surface area contributed by atoms with Gasteiger partial charge in [0.2, 0.25) is 0 Å². The topological polar surface area (TPSA) is 0 Å². The molecule has 4 atom stereocenters. The fourth-order valence-electron chi connectivity index (χ4n) is 5.61. The molecule has 0 rings (SSSR count). The van der Waals surface area contributed by atoms with Crippen LogP contribution in [-0.4, -0.2) is 0 Å². The van der Waals surface area contributed by atoms with Gasteiger partial charge in [-0.1, -0.05) is 190 Å². The van der Waals surface area contributed by atoms with E-state index < -0.39 is 0 Å². The zero-order valence-electron chi connectivity index (χ0n) is 25.4. The molecule has 0 bridgehead atoms. The van der Waals surface area contributed by atoms with E-state index in [4.69, 9.17) is 0 Å². The molecular formula is C34H70. The Bertz CT molecular complexity index is 383. The number of rotatable bonds is 26. The summed E-state index contributed by atoms with van der Waals surface area (Å²) in [6.07, 6.45) is 32.0. The Morgan fingerprint density at radius 1 is 0.294 bits per heavy atom. The van der Waals surface area contributed by atoms with Gasteiger partial charge in [0.15, 0.2) is 0 Å². The molecule has 0 aliphatic heterocycles. The van der Waals surface area contributed by atoms with Crippen LogP contribution in [0.5, 0.6) is 0 Å². The Hall–Kier alpha value is 0. The van der Waals surface area contributed by atoms with E-state index in [1.807, 2.05) is 0 Å². The Labute approximate surface area is 219 Å². The Kier molecular flexibility index (Phi) is 24.7. The average Bonchev–Trinajstić information content (AvgIpc) is 2.80. The number of hydrogen-bond acceptors (Lipinski definition) is 0. The Morgan fingerprint density at radius 3 is 0.882 bits per heavy atom. The van der Waals surface area contributed by atoms with Crippen LogP contribution in [0.3, 0.4) is 0 Å². The standard InChI is InChI=1S/C34H70/c1-8-9-10-11-15-22-31(4)24-17-19-26-33(6)28-29-34(7)27-20-18-25-32(5)23-16-13-12-14-21-30(2)3/h30-34H,8-29H2,1-7H3. The van der Waals surface area contributed by atoms with Crippen LogP contribution in [0, 0.1) is 29.6 Å². The van der Waals surface area contributed by atoms with Crippen molar-refractivity contribution in [3.8, 4) is 0 Å². The highest BCUT2D eigenvalue weighted by molar-refractivity contribution is 4.62. The second-order valence-corrected chi connectivity index (χ2v) is 13.2. The average molecular weight is 479 g/mol. The lowest BCUT2D eigenvalue weighted by Gasteiger charge is -2.17. The molecule has 0 fully saturated rings. The lowest BCUT2D eigenvalue weighted by atomic mass is 9.89. The van der Waals surface area contributed by atoms with Crippen molar-refractivity contribution in [1.29, 1.82) is 0 Å². The van der Waals surface area contributed by atoms with E-state index in [1.54, 1.807) is 0 Å². The fraction of sp³-hybridized carbons (Fsp3) is 1.00. The predicted molar refractivity (Wildman–Crippen MR) is 159 cm³/mol. The maximum absolute atomic E-state index is 2.51. The summed E-state index contributed by atoms with van der Waals surface area (Å²) in [4.78, 5) is 0. The fourth-order valence-corrected chi connectivity index (χ4v) is 5.61. The van der Waals surface area contributed by atoms with Gasteiger partial charge in [0.1, 0.15) is 0 Å². The van der Waals surface area contributed by atoms with Gasteiger partial charge in [-0.25, -0.2) is 0 Å². The molecular weight excluding hydrogens is 408 g/mol. The van der Waals surface area contributed by atoms with Crippen molar-refractivity contribution in [2.24, 2.45) is 29.6 Å². The van der Waals surface area contributed by atoms with E-state index >= 15 is 0 Å². The third-order valence-corrected chi connectivity index (χ3v) is 8.47. The predicted octanol–water partition coefficient (Wildman–Crippen LogP) is 12.8. The summed E-state index contributed by atoms with van der Waals surface area (Å²) in [6.45, 7) is 17.0. The summed E-state index contributed by atoms with van der Waals surface area (Å²) in [5, 5.41) is 0. The molecule has 0 nitrogen and oxygen atoms in total. The van der Waals surface area contributed by atoms with Gasteiger partial charge in [-0.05, 0) is 29.6 Å². The quantitative estimate of drug-likeness (QED) is 0.108. The van der Waals surface area contributed by atoms with Crippen molar-refractivity contribution >= 4 is 0 Å². The first-order valence-electron chi connectivity index (χ1n) is 16.3. The zero-order valence-corrected chi connectivity index (χ0v) is 25.4. The van der Waals surface area contributed by atoms with Crippen LogP contribution in [0.15, 0.2) is 0 Å². The summed E-state index contributed by atoms with van der Waals surface area (Å²) in [5.74, 6) is 4.66. The van der Waals surface area contributed by atoms with E-state index in [0.717, 1.165) is 29.6 Å². The molecule has 34 heavy (non-hydrogen) atoms. The zero-order chi connectivity index (χ0) is 25.4. The summed E-state index contributed by atoms with van der Waals surface area (Å²) in [7, 11) is 0. The molecule has 0 heteroatoms. The van der Waals surface area contributed by atoms with Gasteiger partial charge in [-0.15, -0.1) is 0 Å². The van der Waals surface area contributed by atoms with Crippen molar-refractivity contribution in [2.75, 3.05) is 0 Å². The van der Waals surface area contributed by atoms with Crippen LogP contribution >= 0.6 is 0 Å². The van der Waals surface area contributed by atoms with E-state index in [2.05, 4.69) is 48.5 Å². The number of unbranched alkanes of at least 4 members (excludes halogenated alkanes) is 9. The van der Waals surface area contributed by atoms with Gasteiger partial charge < -0.3 is 0 Å². The summed E-state index contributed by atoms with van der Waals surface area (Å²) in [6, 6.07) is 0. The SMILES string of the molecule is CCCCCCCC(C)CCCCC(C)CCC(C)CCCCC(C)CCCCCCC(C)C. The third-order valence-electron chi connectivity index (χ3n) is 8.47. The van der Waals surface area contributed by atoms with Gasteiger partial charge in [0.05, 0.1) is 0 Å². The molecule has 4 unspecified atom stereocenters. The molecule has 0 aliphatic rings. The third kappa shape index (κ3) is 25.1. The Morgan fingerprint density at radius 2 is 0.559 bits per heavy atom. The van der Waals surface area contributed by atoms with Gasteiger partial charge >= 0.3 is 0 Å². The molecule has 0 aromatic rings. The second-order valence-electron chi connectivity index (χ2n) is 13.2. The molecule has 206 valence electrons. The molecule has 0 heterocycles. The van der Waals surface area contributed by atoms with E-state index in [9.17, 15) is 0 Å². The van der Waals surface area contributed by atoms with Crippen molar-refractivity contribution in [3.05, 3.63) is 0 Å². The second kappa shape index (κ2) is 24.7. The van der Waals surface area contributed by atoms with Crippen molar-refractivity contribution in [3.63, 3.8) is 0 Å². The van der Waals surface area contributed by atoms with Gasteiger partial charge in [0.25, 0.3) is 0 Å². The van der Waals surface area contributed by atoms with E-state index in [0.29, 0.717) is 0 Å². The van der Waals surface area contributed by atoms with Crippen molar-refractivity contribution in [1.82, 2.24) is 0 Å². The highest BCUT2D eigenvalue weighted by atomic mass is 14.2. The molecule has 0 N–H and O–H groups in total. The van der Waals surface area contributed by atoms with Crippen LogP contribution in [0.25, 0.3) is 0 Å². The van der Waals surface area contributed by atoms with Crippen LogP contribution < -0.4 is 0 Å². The van der Waals surface area contributed by atoms with Crippen LogP contribution in [-0.2, 0) is 0 Å². The van der Waals surface area contributed by atoms with Gasteiger partial charge in [-0.2, -0.15) is 0 Å². The van der Waals surface area contributed by atoms with Crippen LogP contribution in [0.1, 0.15) is 190 Å². The molecule has 0 aromatic carbocycles. The van der Waals surface area contributed by atoms with Crippen LogP contribution in [0.2, 0.25) is 0 Å². The lowest BCUT2D eigenvalue weighted by Crippen LogP contribution is -2.02. The van der Waals surface area contributed by atoms with E-state index in [-0.39, 0.29) is 0 Å². The minimum absolute atomic E-state index is 0.887. The summed E-state index contributed by atoms with van der Waals surface area (Å²) < 4.78 is 0. The minimum atomic E-state index is 0.887. The first-order chi connectivity index (χ1) is 16.3. The first kappa shape index (κ1) is 34.0. The highest BCUT2D eigenvalue weighted by Crippen LogP contribution is 2.24. The van der Waals surface area contributed by atoms with Crippen molar-refractivity contribution in [2.45, 2.75) is 190 Å². The normalized spacial score (nSPS) is 15.5. The molecule has 0 spiro atoms. The van der Waals surface area contributed by atoms with E-state index in [1.165, 1.54) is 141 Å². The Balaban J connectivity index is 3.51. The lowest BCUT2D eigenvalue weighted by molar-refractivity contribution is 0.363. The maximum Gasteiger partial charge on any atom is -0.0443 e. The minimum Gasteiger partial charge on any atom is -0.0654 e. The molecule has 0 radical (unpaired) electrons. The summed E-state index contributed by atoms with van der Waals surface area (Å²) >= 11 is 0. The largest absolute Gasteiger partial charge is 0.0654 e. The molecule has 0 saturated carbocycles. The van der Waals surface area contributed by atoms with Crippen LogP contribution in [0.4, 0.5) is 0 Å². The van der Waals surface area contributed by atoms with Crippen molar-refractivity contribution < 1.29 is 0 Å². The molecule has 0 amide bonds.